The molecule has 0 aliphatic rings. The quantitative estimate of drug-likeness (QED) is 0.684. The van der Waals surface area contributed by atoms with E-state index in [0.717, 1.165) is 16.5 Å². The van der Waals surface area contributed by atoms with Crippen LogP contribution >= 0.6 is 11.6 Å². The predicted molar refractivity (Wildman–Crippen MR) is 98.0 cm³/mol. The number of carbonyl (C=O) groups excluding carboxylic acids is 2. The van der Waals surface area contributed by atoms with E-state index in [1.54, 1.807) is 12.1 Å². The zero-order chi connectivity index (χ0) is 18.0. The van der Waals surface area contributed by atoms with Gasteiger partial charge in [-0.1, -0.05) is 48.0 Å². The van der Waals surface area contributed by atoms with E-state index in [9.17, 15) is 9.59 Å². The molecular weight excluding hydrogens is 340 g/mol. The van der Waals surface area contributed by atoms with E-state index in [0.29, 0.717) is 5.69 Å². The molecule has 1 heterocycles. The molecule has 0 bridgehead atoms. The molecule has 25 heavy (non-hydrogen) atoms. The molecule has 1 amide bonds. The average molecular weight is 357 g/mol. The lowest BCUT2D eigenvalue weighted by Gasteiger charge is -2.14. The first-order valence-electron chi connectivity index (χ1n) is 7.81. The number of fused-ring (bicyclic) bond motifs is 1. The van der Waals surface area contributed by atoms with E-state index >= 15 is 0 Å². The van der Waals surface area contributed by atoms with Crippen molar-refractivity contribution in [2.45, 2.75) is 20.0 Å². The van der Waals surface area contributed by atoms with Crippen LogP contribution in [0.5, 0.6) is 0 Å². The number of carbonyl (C=O) groups is 2. The number of nitrogens with one attached hydrogen (secondary N) is 2. The van der Waals surface area contributed by atoms with Crippen LogP contribution in [0.3, 0.4) is 0 Å². The van der Waals surface area contributed by atoms with E-state index in [4.69, 9.17) is 16.3 Å². The fourth-order valence-corrected chi connectivity index (χ4v) is 2.76. The topological polar surface area (TPSA) is 71.2 Å². The number of aryl methyl sites for hydroxylation is 1. The summed E-state index contributed by atoms with van der Waals surface area (Å²) < 4.78 is 5.25. The number of H-pyrrole nitrogens is 1. The van der Waals surface area contributed by atoms with Crippen molar-refractivity contribution in [3.05, 3.63) is 64.8 Å². The molecule has 0 fully saturated rings. The van der Waals surface area contributed by atoms with Crippen LogP contribution in [0.2, 0.25) is 5.02 Å². The number of hydrogen-bond acceptors (Lipinski definition) is 3. The third kappa shape index (κ3) is 3.51. The number of ether oxygens (including phenoxy) is 1. The van der Waals surface area contributed by atoms with Crippen LogP contribution in [0.15, 0.2) is 48.5 Å². The van der Waals surface area contributed by atoms with Gasteiger partial charge in [-0.3, -0.25) is 4.79 Å². The Morgan fingerprint density at radius 1 is 1.12 bits per heavy atom. The van der Waals surface area contributed by atoms with Crippen LogP contribution in [-0.4, -0.2) is 23.0 Å². The Labute approximate surface area is 149 Å². The Hall–Kier alpha value is -2.79. The minimum atomic E-state index is -0.963. The normalized spacial score (nSPS) is 12.0. The Bertz CT molecular complexity index is 949. The van der Waals surface area contributed by atoms with Crippen molar-refractivity contribution >= 4 is 40.1 Å². The van der Waals surface area contributed by atoms with Gasteiger partial charge in [0.1, 0.15) is 5.69 Å². The number of halogens is 1. The van der Waals surface area contributed by atoms with Crippen molar-refractivity contribution < 1.29 is 14.3 Å². The minimum Gasteiger partial charge on any atom is -0.448 e. The van der Waals surface area contributed by atoms with E-state index in [-0.39, 0.29) is 10.7 Å². The molecule has 2 aromatic carbocycles. The summed E-state index contributed by atoms with van der Waals surface area (Å²) in [5, 5.41) is 3.76. The highest BCUT2D eigenvalue weighted by Gasteiger charge is 2.23. The Kier molecular flexibility index (Phi) is 4.76. The average Bonchev–Trinajstić information content (AvgIpc) is 2.94. The second kappa shape index (κ2) is 6.99. The second-order valence-electron chi connectivity index (χ2n) is 5.71. The first-order valence-corrected chi connectivity index (χ1v) is 8.19. The summed E-state index contributed by atoms with van der Waals surface area (Å²) in [4.78, 5) is 27.5. The van der Waals surface area contributed by atoms with Gasteiger partial charge in [0.15, 0.2) is 6.10 Å². The molecule has 0 radical (unpaired) electrons. The molecule has 0 saturated carbocycles. The highest BCUT2D eigenvalue weighted by atomic mass is 35.5. The van der Waals surface area contributed by atoms with Crippen molar-refractivity contribution in [1.29, 1.82) is 0 Å². The van der Waals surface area contributed by atoms with Gasteiger partial charge in [0.25, 0.3) is 5.91 Å². The van der Waals surface area contributed by atoms with Crippen molar-refractivity contribution in [3.8, 4) is 0 Å². The zero-order valence-corrected chi connectivity index (χ0v) is 14.6. The molecule has 1 aromatic heterocycles. The maximum Gasteiger partial charge on any atom is 0.357 e. The summed E-state index contributed by atoms with van der Waals surface area (Å²) in [7, 11) is 0. The molecule has 6 heteroatoms. The van der Waals surface area contributed by atoms with Gasteiger partial charge in [-0.2, -0.15) is 0 Å². The fraction of sp³-hybridized carbons (Fsp3) is 0.158. The number of para-hydroxylation sites is 2. The van der Waals surface area contributed by atoms with Crippen LogP contribution in [0.1, 0.15) is 23.0 Å². The smallest absolute Gasteiger partial charge is 0.357 e. The van der Waals surface area contributed by atoms with Gasteiger partial charge >= 0.3 is 5.97 Å². The third-order valence-electron chi connectivity index (χ3n) is 3.90. The lowest BCUT2D eigenvalue weighted by atomic mass is 10.2. The lowest BCUT2D eigenvalue weighted by Crippen LogP contribution is -2.30. The zero-order valence-electron chi connectivity index (χ0n) is 13.8. The van der Waals surface area contributed by atoms with Gasteiger partial charge in [-0.25, -0.2) is 4.79 Å². The largest absolute Gasteiger partial charge is 0.448 e. The molecule has 3 aromatic rings. The van der Waals surface area contributed by atoms with Crippen LogP contribution in [0.4, 0.5) is 5.69 Å². The molecule has 128 valence electrons. The van der Waals surface area contributed by atoms with Gasteiger partial charge < -0.3 is 15.0 Å². The fourth-order valence-electron chi connectivity index (χ4n) is 2.47. The molecule has 0 aliphatic heterocycles. The number of rotatable bonds is 4. The molecular formula is C19H17ClN2O3. The second-order valence-corrected chi connectivity index (χ2v) is 6.09. The van der Waals surface area contributed by atoms with E-state index in [1.165, 1.54) is 6.92 Å². The van der Waals surface area contributed by atoms with Gasteiger partial charge in [0, 0.05) is 16.6 Å². The Morgan fingerprint density at radius 2 is 1.80 bits per heavy atom. The molecule has 5 nitrogen and oxygen atoms in total. The molecule has 0 saturated heterocycles. The number of benzene rings is 2. The summed E-state index contributed by atoms with van der Waals surface area (Å²) >= 11 is 6.23. The third-order valence-corrected chi connectivity index (χ3v) is 4.30. The summed E-state index contributed by atoms with van der Waals surface area (Å²) in [6.07, 6.45) is -0.963. The maximum atomic E-state index is 12.4. The van der Waals surface area contributed by atoms with Gasteiger partial charge in [0.2, 0.25) is 0 Å². The molecule has 3 rings (SSSR count). The number of esters is 1. The van der Waals surface area contributed by atoms with E-state index in [1.807, 2.05) is 43.3 Å². The molecule has 0 aliphatic carbocycles. The van der Waals surface area contributed by atoms with E-state index in [2.05, 4.69) is 10.3 Å². The van der Waals surface area contributed by atoms with Gasteiger partial charge in [-0.05, 0) is 31.5 Å². The Balaban J connectivity index is 1.72. The van der Waals surface area contributed by atoms with Crippen molar-refractivity contribution in [1.82, 2.24) is 4.98 Å². The first kappa shape index (κ1) is 17.0. The standard InChI is InChI=1S/C19H17ClN2O3/c1-11-7-3-5-9-14(11)22-18(23)12(2)25-19(24)17-16(20)13-8-4-6-10-15(13)21-17/h3-10,12,21H,1-2H3,(H,22,23)/t12-/m1/s1. The molecule has 2 N–H and O–H groups in total. The number of aromatic nitrogens is 1. The lowest BCUT2D eigenvalue weighted by molar-refractivity contribution is -0.123. The van der Waals surface area contributed by atoms with Crippen LogP contribution in [0.25, 0.3) is 10.9 Å². The van der Waals surface area contributed by atoms with Crippen LogP contribution < -0.4 is 5.32 Å². The number of amides is 1. The summed E-state index contributed by atoms with van der Waals surface area (Å²) in [6.45, 7) is 3.40. The highest BCUT2D eigenvalue weighted by Crippen LogP contribution is 2.27. The van der Waals surface area contributed by atoms with E-state index < -0.39 is 18.0 Å². The van der Waals surface area contributed by atoms with Gasteiger partial charge in [0.05, 0.1) is 5.02 Å². The highest BCUT2D eigenvalue weighted by molar-refractivity contribution is 6.38. The number of anilines is 1. The minimum absolute atomic E-state index is 0.137. The van der Waals surface area contributed by atoms with Gasteiger partial charge in [-0.15, -0.1) is 0 Å². The maximum absolute atomic E-state index is 12.4. The SMILES string of the molecule is Cc1ccccc1NC(=O)[C@@H](C)OC(=O)c1[nH]c2ccccc2c1Cl. The Morgan fingerprint density at radius 3 is 2.52 bits per heavy atom. The van der Waals surface area contributed by atoms with Crippen LogP contribution in [0, 0.1) is 6.92 Å². The van der Waals surface area contributed by atoms with Crippen LogP contribution in [-0.2, 0) is 9.53 Å². The monoisotopic (exact) mass is 356 g/mol. The number of aromatic amines is 1. The first-order chi connectivity index (χ1) is 12.0. The number of hydrogen-bond donors (Lipinski definition) is 2. The van der Waals surface area contributed by atoms with Crippen molar-refractivity contribution in [2.75, 3.05) is 5.32 Å². The van der Waals surface area contributed by atoms with Crippen molar-refractivity contribution in [2.24, 2.45) is 0 Å². The van der Waals surface area contributed by atoms with Crippen molar-refractivity contribution in [3.63, 3.8) is 0 Å². The molecule has 1 atom stereocenters. The summed E-state index contributed by atoms with van der Waals surface area (Å²) in [6, 6.07) is 14.7. The summed E-state index contributed by atoms with van der Waals surface area (Å²) in [5.74, 6) is -1.08. The molecule has 0 unspecified atom stereocenters. The summed E-state index contributed by atoms with van der Waals surface area (Å²) in [5.41, 5.74) is 2.47. The molecule has 0 spiro atoms. The predicted octanol–water partition coefficient (Wildman–Crippen LogP) is 4.31.